The summed E-state index contributed by atoms with van der Waals surface area (Å²) in [5, 5.41) is 6.80. The van der Waals surface area contributed by atoms with Crippen LogP contribution >= 0.6 is 0 Å². The Morgan fingerprint density at radius 1 is 1.30 bits per heavy atom. The Bertz CT molecular complexity index is 763. The molecule has 1 aliphatic rings. The van der Waals surface area contributed by atoms with Crippen LogP contribution in [0.15, 0.2) is 30.3 Å². The van der Waals surface area contributed by atoms with Crippen molar-refractivity contribution in [3.8, 4) is 0 Å². The molecular formula is C15H19FN4O2S. The average molecular weight is 338 g/mol. The van der Waals surface area contributed by atoms with E-state index in [1.54, 1.807) is 31.2 Å². The van der Waals surface area contributed by atoms with E-state index in [1.807, 2.05) is 6.07 Å². The van der Waals surface area contributed by atoms with E-state index in [0.29, 0.717) is 11.6 Å². The Morgan fingerprint density at radius 3 is 2.65 bits per heavy atom. The van der Waals surface area contributed by atoms with Crippen LogP contribution in [0.2, 0.25) is 0 Å². The van der Waals surface area contributed by atoms with Gasteiger partial charge >= 0.3 is 0 Å². The molecule has 1 saturated heterocycles. The van der Waals surface area contributed by atoms with Crippen molar-refractivity contribution >= 4 is 10.0 Å². The number of alkyl halides is 1. The highest BCUT2D eigenvalue weighted by atomic mass is 32.2. The molecule has 0 saturated carbocycles. The number of halogens is 1. The van der Waals surface area contributed by atoms with E-state index in [0.717, 1.165) is 5.56 Å². The first-order valence-electron chi connectivity index (χ1n) is 7.46. The molecule has 2 atom stereocenters. The highest BCUT2D eigenvalue weighted by molar-refractivity contribution is 7.88. The van der Waals surface area contributed by atoms with Crippen LogP contribution in [-0.2, 0) is 15.8 Å². The fraction of sp³-hybridized carbons (Fsp3) is 0.467. The van der Waals surface area contributed by atoms with Gasteiger partial charge in [-0.25, -0.2) is 17.7 Å². The zero-order chi connectivity index (χ0) is 16.4. The standard InChI is InChI=1S/C15H19FN4O2S/c1-11-17-15(19-18-11)14-9-20(8-13(14)7-16)23(21,22)10-12-5-3-2-4-6-12/h2-6,13-14H,7-10H2,1H3,(H,17,18,19). The number of hydrogen-bond donors (Lipinski definition) is 1. The lowest BCUT2D eigenvalue weighted by Gasteiger charge is -2.16. The Hall–Kier alpha value is -1.80. The number of hydrogen-bond acceptors (Lipinski definition) is 4. The van der Waals surface area contributed by atoms with Crippen molar-refractivity contribution in [3.05, 3.63) is 47.5 Å². The lowest BCUT2D eigenvalue weighted by atomic mass is 9.97. The zero-order valence-corrected chi connectivity index (χ0v) is 13.6. The predicted molar refractivity (Wildman–Crippen MR) is 84.0 cm³/mol. The first-order chi connectivity index (χ1) is 11.0. The van der Waals surface area contributed by atoms with Crippen LogP contribution in [0, 0.1) is 12.8 Å². The van der Waals surface area contributed by atoms with Crippen LogP contribution in [0.25, 0.3) is 0 Å². The van der Waals surface area contributed by atoms with Crippen molar-refractivity contribution < 1.29 is 12.8 Å². The number of benzene rings is 1. The average Bonchev–Trinajstić information content (AvgIpc) is 3.14. The summed E-state index contributed by atoms with van der Waals surface area (Å²) < 4.78 is 39.9. The van der Waals surface area contributed by atoms with Gasteiger partial charge in [0, 0.05) is 24.9 Å². The second-order valence-corrected chi connectivity index (χ2v) is 7.83. The van der Waals surface area contributed by atoms with Crippen LogP contribution in [-0.4, -0.2) is 47.7 Å². The minimum atomic E-state index is -3.49. The molecule has 1 aromatic heterocycles. The van der Waals surface area contributed by atoms with Gasteiger partial charge in [0.15, 0.2) is 5.82 Å². The molecule has 1 fully saturated rings. The summed E-state index contributed by atoms with van der Waals surface area (Å²) in [4.78, 5) is 4.24. The SMILES string of the molecule is Cc1nc(C2CN(S(=O)(=O)Cc3ccccc3)CC2CF)n[nH]1. The maximum absolute atomic E-state index is 13.3. The summed E-state index contributed by atoms with van der Waals surface area (Å²) in [6.45, 7) is 1.57. The third-order valence-electron chi connectivity index (χ3n) is 4.14. The van der Waals surface area contributed by atoms with Crippen molar-refractivity contribution in [2.45, 2.75) is 18.6 Å². The molecule has 8 heteroatoms. The maximum atomic E-state index is 13.3. The van der Waals surface area contributed by atoms with E-state index in [9.17, 15) is 12.8 Å². The summed E-state index contributed by atoms with van der Waals surface area (Å²) in [5.41, 5.74) is 0.724. The van der Waals surface area contributed by atoms with Crippen LogP contribution in [0.1, 0.15) is 23.1 Å². The Kier molecular flexibility index (Phi) is 4.45. The van der Waals surface area contributed by atoms with Crippen molar-refractivity contribution in [1.29, 1.82) is 0 Å². The van der Waals surface area contributed by atoms with Gasteiger partial charge in [0.05, 0.1) is 12.4 Å². The molecule has 1 aromatic carbocycles. The number of nitrogens with zero attached hydrogens (tertiary/aromatic N) is 3. The van der Waals surface area contributed by atoms with Crippen LogP contribution in [0.5, 0.6) is 0 Å². The van der Waals surface area contributed by atoms with Crippen molar-refractivity contribution in [1.82, 2.24) is 19.5 Å². The molecule has 2 heterocycles. The lowest BCUT2D eigenvalue weighted by molar-refractivity contribution is 0.346. The van der Waals surface area contributed by atoms with Crippen molar-refractivity contribution in [2.24, 2.45) is 5.92 Å². The molecule has 0 amide bonds. The molecule has 2 aromatic rings. The van der Waals surface area contributed by atoms with E-state index in [2.05, 4.69) is 15.2 Å². The molecule has 3 rings (SSSR count). The summed E-state index contributed by atoms with van der Waals surface area (Å²) in [6, 6.07) is 9.00. The zero-order valence-electron chi connectivity index (χ0n) is 12.8. The third-order valence-corrected chi connectivity index (χ3v) is 5.92. The second-order valence-electron chi connectivity index (χ2n) is 5.86. The number of rotatable bonds is 5. The topological polar surface area (TPSA) is 79.0 Å². The van der Waals surface area contributed by atoms with Crippen molar-refractivity contribution in [3.63, 3.8) is 0 Å². The summed E-state index contributed by atoms with van der Waals surface area (Å²) in [7, 11) is -3.49. The smallest absolute Gasteiger partial charge is 0.218 e. The normalized spacial score (nSPS) is 22.5. The molecule has 2 unspecified atom stereocenters. The number of H-pyrrole nitrogens is 1. The van der Waals surface area contributed by atoms with Gasteiger partial charge in [-0.05, 0) is 12.5 Å². The lowest BCUT2D eigenvalue weighted by Crippen LogP contribution is -2.30. The van der Waals surface area contributed by atoms with Crippen molar-refractivity contribution in [2.75, 3.05) is 19.8 Å². The first-order valence-corrected chi connectivity index (χ1v) is 9.07. The molecule has 1 N–H and O–H groups in total. The van der Waals surface area contributed by atoms with Crippen LogP contribution < -0.4 is 0 Å². The number of aromatic nitrogens is 3. The predicted octanol–water partition coefficient (Wildman–Crippen LogP) is 1.63. The second kappa shape index (κ2) is 6.37. The largest absolute Gasteiger partial charge is 0.263 e. The van der Waals surface area contributed by atoms with Gasteiger partial charge < -0.3 is 0 Å². The number of aromatic amines is 1. The van der Waals surface area contributed by atoms with E-state index in [-0.39, 0.29) is 24.8 Å². The van der Waals surface area contributed by atoms with Gasteiger partial charge in [-0.15, -0.1) is 0 Å². The highest BCUT2D eigenvalue weighted by Gasteiger charge is 2.41. The summed E-state index contributed by atoms with van der Waals surface area (Å²) >= 11 is 0. The molecule has 23 heavy (non-hydrogen) atoms. The van der Waals surface area contributed by atoms with Crippen LogP contribution in [0.3, 0.4) is 0 Å². The van der Waals surface area contributed by atoms with Gasteiger partial charge in [-0.3, -0.25) is 9.49 Å². The van der Waals surface area contributed by atoms with E-state index in [1.165, 1.54) is 4.31 Å². The number of nitrogens with one attached hydrogen (secondary N) is 1. The minimum Gasteiger partial charge on any atom is -0.263 e. The van der Waals surface area contributed by atoms with E-state index < -0.39 is 22.6 Å². The molecular weight excluding hydrogens is 319 g/mol. The van der Waals surface area contributed by atoms with Gasteiger partial charge in [0.2, 0.25) is 10.0 Å². The van der Waals surface area contributed by atoms with Crippen LogP contribution in [0.4, 0.5) is 4.39 Å². The Morgan fingerprint density at radius 2 is 2.04 bits per heavy atom. The molecule has 0 aliphatic carbocycles. The van der Waals surface area contributed by atoms with Gasteiger partial charge in [-0.1, -0.05) is 30.3 Å². The van der Waals surface area contributed by atoms with E-state index in [4.69, 9.17) is 0 Å². The molecule has 1 aliphatic heterocycles. The van der Waals surface area contributed by atoms with Gasteiger partial charge in [-0.2, -0.15) is 5.10 Å². The van der Waals surface area contributed by atoms with E-state index >= 15 is 0 Å². The molecule has 0 radical (unpaired) electrons. The number of sulfonamides is 1. The first kappa shape index (κ1) is 16.1. The minimum absolute atomic E-state index is 0.0768. The highest BCUT2D eigenvalue weighted by Crippen LogP contribution is 2.33. The molecule has 124 valence electrons. The quantitative estimate of drug-likeness (QED) is 0.899. The summed E-state index contributed by atoms with van der Waals surface area (Å²) in [6.07, 6.45) is 0. The molecule has 0 spiro atoms. The monoisotopic (exact) mass is 338 g/mol. The fourth-order valence-electron chi connectivity index (χ4n) is 2.91. The number of aryl methyl sites for hydroxylation is 1. The third kappa shape index (κ3) is 3.42. The Balaban J connectivity index is 1.78. The molecule has 0 bridgehead atoms. The van der Waals surface area contributed by atoms with Gasteiger partial charge in [0.25, 0.3) is 0 Å². The maximum Gasteiger partial charge on any atom is 0.218 e. The Labute approximate surface area is 134 Å². The van der Waals surface area contributed by atoms with Gasteiger partial charge in [0.1, 0.15) is 5.82 Å². The fourth-order valence-corrected chi connectivity index (χ4v) is 4.51. The molecule has 6 nitrogen and oxygen atoms in total. The summed E-state index contributed by atoms with van der Waals surface area (Å²) in [5.74, 6) is 0.337.